The summed E-state index contributed by atoms with van der Waals surface area (Å²) in [5.41, 5.74) is 2.83. The Morgan fingerprint density at radius 2 is 2.00 bits per heavy atom. The number of para-hydroxylation sites is 1. The van der Waals surface area contributed by atoms with Crippen LogP contribution in [0.1, 0.15) is 16.1 Å². The van der Waals surface area contributed by atoms with Gasteiger partial charge in [0.1, 0.15) is 11.5 Å². The van der Waals surface area contributed by atoms with Gasteiger partial charge >= 0.3 is 0 Å². The van der Waals surface area contributed by atoms with Crippen molar-refractivity contribution in [2.24, 2.45) is 0 Å². The molecule has 9 heteroatoms. The molecule has 2 aromatic heterocycles. The number of thiazole rings is 1. The molecule has 158 valence electrons. The second-order valence-corrected chi connectivity index (χ2v) is 8.25. The van der Waals surface area contributed by atoms with E-state index in [1.807, 2.05) is 18.2 Å². The van der Waals surface area contributed by atoms with E-state index in [-0.39, 0.29) is 5.91 Å². The maximum Gasteiger partial charge on any atom is 0.259 e. The highest BCUT2D eigenvalue weighted by Crippen LogP contribution is 2.31. The summed E-state index contributed by atoms with van der Waals surface area (Å²) in [6, 6.07) is 12.0. The number of halogens is 1. The van der Waals surface area contributed by atoms with Crippen molar-refractivity contribution in [1.82, 2.24) is 14.8 Å². The van der Waals surface area contributed by atoms with Crippen LogP contribution in [0.25, 0.3) is 15.9 Å². The lowest BCUT2D eigenvalue weighted by molar-refractivity contribution is 0.102. The number of nitrogens with zero attached hydrogens (tertiary/aromatic N) is 4. The number of hydrogen-bond acceptors (Lipinski definition) is 6. The number of ether oxygens (including phenoxy) is 1. The van der Waals surface area contributed by atoms with Crippen molar-refractivity contribution in [2.75, 3.05) is 36.5 Å². The Balaban J connectivity index is 1.37. The number of carbonyl (C=O) groups excluding carboxylic acids is 1. The molecule has 0 unspecified atom stereocenters. The summed E-state index contributed by atoms with van der Waals surface area (Å²) >= 11 is 1.60. The summed E-state index contributed by atoms with van der Waals surface area (Å²) in [6.45, 7) is 4.81. The highest BCUT2D eigenvalue weighted by atomic mass is 32.1. The lowest BCUT2D eigenvalue weighted by atomic mass is 10.2. The number of amides is 1. The number of aromatic nitrogens is 3. The number of anilines is 2. The molecule has 7 nitrogen and oxygen atoms in total. The molecule has 1 fully saturated rings. The molecule has 31 heavy (non-hydrogen) atoms. The van der Waals surface area contributed by atoms with Gasteiger partial charge < -0.3 is 15.0 Å². The highest BCUT2D eigenvalue weighted by molar-refractivity contribution is 7.22. The molecule has 0 spiro atoms. The van der Waals surface area contributed by atoms with Gasteiger partial charge in [-0.2, -0.15) is 5.10 Å². The Bertz CT molecular complexity index is 1260. The van der Waals surface area contributed by atoms with Crippen molar-refractivity contribution >= 4 is 38.3 Å². The fraction of sp³-hybridized carbons (Fsp3) is 0.227. The number of rotatable bonds is 4. The van der Waals surface area contributed by atoms with Crippen LogP contribution in [-0.4, -0.2) is 47.0 Å². The molecule has 0 radical (unpaired) electrons. The maximum absolute atomic E-state index is 14.1. The fourth-order valence-corrected chi connectivity index (χ4v) is 4.63. The van der Waals surface area contributed by atoms with Crippen molar-refractivity contribution in [2.45, 2.75) is 6.92 Å². The van der Waals surface area contributed by atoms with E-state index in [9.17, 15) is 9.18 Å². The minimum Gasteiger partial charge on any atom is -0.378 e. The van der Waals surface area contributed by atoms with E-state index in [0.717, 1.165) is 28.4 Å². The molecule has 4 aromatic rings. The topological polar surface area (TPSA) is 72.3 Å². The average molecular weight is 438 g/mol. The van der Waals surface area contributed by atoms with Crippen LogP contribution >= 0.6 is 11.3 Å². The smallest absolute Gasteiger partial charge is 0.259 e. The zero-order valence-electron chi connectivity index (χ0n) is 16.8. The van der Waals surface area contributed by atoms with Crippen LogP contribution in [0.15, 0.2) is 48.7 Å². The number of hydrogen-bond donors (Lipinski definition) is 1. The van der Waals surface area contributed by atoms with Crippen LogP contribution < -0.4 is 10.2 Å². The van der Waals surface area contributed by atoms with E-state index in [0.29, 0.717) is 35.8 Å². The van der Waals surface area contributed by atoms with Gasteiger partial charge in [-0.1, -0.05) is 23.5 Å². The first-order valence-corrected chi connectivity index (χ1v) is 10.8. The van der Waals surface area contributed by atoms with Crippen molar-refractivity contribution < 1.29 is 13.9 Å². The SMILES string of the molecule is Cc1c(C(=O)Nc2ccc3nc(N4CCOCC4)sc3c2)cnn1-c1ccccc1F. The van der Waals surface area contributed by atoms with E-state index in [2.05, 4.69) is 15.3 Å². The molecule has 1 amide bonds. The van der Waals surface area contributed by atoms with Crippen LogP contribution in [-0.2, 0) is 4.74 Å². The first-order valence-electron chi connectivity index (χ1n) is 9.94. The van der Waals surface area contributed by atoms with E-state index in [1.165, 1.54) is 16.9 Å². The van der Waals surface area contributed by atoms with Gasteiger partial charge in [0.2, 0.25) is 0 Å². The monoisotopic (exact) mass is 437 g/mol. The third-order valence-electron chi connectivity index (χ3n) is 5.25. The zero-order valence-corrected chi connectivity index (χ0v) is 17.7. The number of fused-ring (bicyclic) bond motifs is 1. The average Bonchev–Trinajstić information content (AvgIpc) is 3.38. The predicted octanol–water partition coefficient (Wildman–Crippen LogP) is 4.02. The number of carbonyl (C=O) groups is 1. The fourth-order valence-electron chi connectivity index (χ4n) is 3.58. The summed E-state index contributed by atoms with van der Waals surface area (Å²) in [4.78, 5) is 19.8. The number of morpholine rings is 1. The van der Waals surface area contributed by atoms with E-state index in [1.54, 1.807) is 36.5 Å². The first-order chi connectivity index (χ1) is 15.1. The van der Waals surface area contributed by atoms with Gasteiger partial charge in [0.25, 0.3) is 5.91 Å². The summed E-state index contributed by atoms with van der Waals surface area (Å²) in [6.07, 6.45) is 1.46. The quantitative estimate of drug-likeness (QED) is 0.522. The molecule has 0 aliphatic carbocycles. The van der Waals surface area contributed by atoms with Crippen LogP contribution in [0.4, 0.5) is 15.2 Å². The lowest BCUT2D eigenvalue weighted by Gasteiger charge is -2.25. The van der Waals surface area contributed by atoms with Crippen molar-refractivity contribution in [3.8, 4) is 5.69 Å². The van der Waals surface area contributed by atoms with Crippen LogP contribution in [0.5, 0.6) is 0 Å². The molecule has 2 aromatic carbocycles. The third kappa shape index (κ3) is 3.77. The van der Waals surface area contributed by atoms with Crippen molar-refractivity contribution in [3.63, 3.8) is 0 Å². The number of nitrogens with one attached hydrogen (secondary N) is 1. The lowest BCUT2D eigenvalue weighted by Crippen LogP contribution is -2.36. The van der Waals surface area contributed by atoms with E-state index < -0.39 is 5.82 Å². The minimum absolute atomic E-state index is 0.294. The largest absolute Gasteiger partial charge is 0.378 e. The van der Waals surface area contributed by atoms with Gasteiger partial charge in [-0.15, -0.1) is 0 Å². The Labute approximate surface area is 182 Å². The molecular formula is C22H20FN5O2S. The molecule has 0 bridgehead atoms. The minimum atomic E-state index is -0.396. The van der Waals surface area contributed by atoms with Crippen LogP contribution in [0, 0.1) is 12.7 Å². The van der Waals surface area contributed by atoms with Crippen molar-refractivity contribution in [1.29, 1.82) is 0 Å². The van der Waals surface area contributed by atoms with Crippen molar-refractivity contribution in [3.05, 3.63) is 65.7 Å². The Morgan fingerprint density at radius 3 is 2.81 bits per heavy atom. The third-order valence-corrected chi connectivity index (χ3v) is 6.33. The van der Waals surface area contributed by atoms with Gasteiger partial charge in [0.15, 0.2) is 5.13 Å². The van der Waals surface area contributed by atoms with Gasteiger partial charge in [-0.3, -0.25) is 4.79 Å². The van der Waals surface area contributed by atoms with Gasteiger partial charge in [-0.05, 0) is 37.3 Å². The zero-order chi connectivity index (χ0) is 21.4. The molecule has 0 atom stereocenters. The summed E-state index contributed by atoms with van der Waals surface area (Å²) in [5.74, 6) is -0.690. The van der Waals surface area contributed by atoms with E-state index in [4.69, 9.17) is 9.72 Å². The number of benzene rings is 2. The second-order valence-electron chi connectivity index (χ2n) is 7.24. The molecule has 3 heterocycles. The molecule has 1 aliphatic heterocycles. The maximum atomic E-state index is 14.1. The molecule has 1 N–H and O–H groups in total. The Morgan fingerprint density at radius 1 is 1.19 bits per heavy atom. The first kappa shape index (κ1) is 19.7. The normalized spacial score (nSPS) is 14.2. The van der Waals surface area contributed by atoms with Crippen LogP contribution in [0.3, 0.4) is 0 Å². The van der Waals surface area contributed by atoms with Gasteiger partial charge in [-0.25, -0.2) is 14.1 Å². The van der Waals surface area contributed by atoms with Gasteiger partial charge in [0.05, 0.1) is 40.9 Å². The molecule has 0 saturated carbocycles. The second kappa shape index (κ2) is 8.09. The molecular weight excluding hydrogens is 417 g/mol. The predicted molar refractivity (Wildman–Crippen MR) is 119 cm³/mol. The summed E-state index contributed by atoms with van der Waals surface area (Å²) in [5, 5.41) is 8.09. The van der Waals surface area contributed by atoms with E-state index >= 15 is 0 Å². The summed E-state index contributed by atoms with van der Waals surface area (Å²) < 4.78 is 22.0. The standard InChI is InChI=1S/C22H20FN5O2S/c1-14-16(13-24-28(14)19-5-3-2-4-17(19)23)21(29)25-15-6-7-18-20(12-15)31-22(26-18)27-8-10-30-11-9-27/h2-7,12-13H,8-11H2,1H3,(H,25,29). The molecule has 1 aliphatic rings. The molecule has 5 rings (SSSR count). The summed E-state index contributed by atoms with van der Waals surface area (Å²) in [7, 11) is 0. The molecule has 1 saturated heterocycles. The Kier molecular flexibility index (Phi) is 5.13. The van der Waals surface area contributed by atoms with Crippen LogP contribution in [0.2, 0.25) is 0 Å². The Hall–Kier alpha value is -3.30. The highest BCUT2D eigenvalue weighted by Gasteiger charge is 2.18. The van der Waals surface area contributed by atoms with Gasteiger partial charge in [0, 0.05) is 18.8 Å².